The average Bonchev–Trinajstić information content (AvgIpc) is 3.14. The summed E-state index contributed by atoms with van der Waals surface area (Å²) < 4.78 is 14.1. The second-order valence-electron chi connectivity index (χ2n) is 13.2. The van der Waals surface area contributed by atoms with Gasteiger partial charge in [-0.05, 0) is 79.5 Å². The van der Waals surface area contributed by atoms with E-state index in [0.717, 1.165) is 36.7 Å². The number of nitrogens with one attached hydrogen (secondary N) is 1. The lowest BCUT2D eigenvalue weighted by molar-refractivity contribution is 0.0550. The molecule has 0 spiro atoms. The monoisotopic (exact) mass is 622 g/mol. The zero-order valence-corrected chi connectivity index (χ0v) is 27.0. The van der Waals surface area contributed by atoms with E-state index in [9.17, 15) is 0 Å². The van der Waals surface area contributed by atoms with Crippen LogP contribution in [-0.2, 0) is 0 Å². The maximum atomic E-state index is 7.07. The van der Waals surface area contributed by atoms with Gasteiger partial charge in [-0.3, -0.25) is 4.90 Å². The molecule has 0 aliphatic carbocycles. The lowest BCUT2D eigenvalue weighted by Crippen LogP contribution is -2.42. The van der Waals surface area contributed by atoms with Crippen molar-refractivity contribution in [3.8, 4) is 11.8 Å². The molecule has 6 nitrogen and oxygen atoms in total. The first-order chi connectivity index (χ1) is 23.2. The van der Waals surface area contributed by atoms with E-state index < -0.39 is 0 Å². The van der Waals surface area contributed by atoms with Crippen LogP contribution in [0.2, 0.25) is 0 Å². The van der Waals surface area contributed by atoms with Gasteiger partial charge < -0.3 is 14.8 Å². The number of hydrogen-bond acceptors (Lipinski definition) is 6. The highest BCUT2D eigenvalue weighted by atomic mass is 16.5. The molecule has 5 aromatic carbocycles. The van der Waals surface area contributed by atoms with Crippen LogP contribution in [-0.4, -0.2) is 47.3 Å². The van der Waals surface area contributed by atoms with Crippen molar-refractivity contribution >= 4 is 32.3 Å². The van der Waals surface area contributed by atoms with Crippen LogP contribution < -0.4 is 14.8 Å². The third-order valence-electron chi connectivity index (χ3n) is 10.2. The molecule has 47 heavy (non-hydrogen) atoms. The maximum Gasteiger partial charge on any atom is 0.242 e. The molecule has 238 valence electrons. The molecule has 2 unspecified atom stereocenters. The number of ether oxygens (including phenoxy) is 2. The Morgan fingerprint density at radius 1 is 0.596 bits per heavy atom. The van der Waals surface area contributed by atoms with Gasteiger partial charge in [-0.2, -0.15) is 0 Å². The van der Waals surface area contributed by atoms with Crippen LogP contribution in [0.15, 0.2) is 109 Å². The Bertz CT molecular complexity index is 1990. The van der Waals surface area contributed by atoms with Gasteiger partial charge in [0, 0.05) is 17.2 Å². The SMILES string of the molecule is CN1CCCC[C@H]1[C@@H](Oc1nnc(OC(c2cccc3ccccc23)C2CCCCN2)c2ccccc12)c1cccc2ccccc12. The van der Waals surface area contributed by atoms with Crippen molar-refractivity contribution in [2.75, 3.05) is 20.1 Å². The number of likely N-dealkylation sites (N-methyl/N-ethyl adjacent to an activating group) is 1. The predicted octanol–water partition coefficient (Wildman–Crippen LogP) is 8.80. The number of benzene rings is 5. The summed E-state index contributed by atoms with van der Waals surface area (Å²) in [6.45, 7) is 2.04. The van der Waals surface area contributed by atoms with Crippen LogP contribution in [0.3, 0.4) is 0 Å². The standard InChI is InChI=1S/C41H42N4O2/c1-45-27-11-9-25-37(45)39(33-23-13-17-29-15-3-5-19-31(29)33)47-41-35-21-7-6-20-34(35)40(43-44-41)46-38(36-24-8-10-26-42-36)32-22-12-16-28-14-2-4-18-30(28)32/h2-7,12-23,36-39,42H,8-11,24-27H2,1H3/t36?,37-,38?,39-/m0/s1. The Morgan fingerprint density at radius 2 is 1.13 bits per heavy atom. The Labute approximate surface area is 276 Å². The fourth-order valence-corrected chi connectivity index (χ4v) is 7.80. The van der Waals surface area contributed by atoms with Crippen molar-refractivity contribution in [2.24, 2.45) is 0 Å². The minimum Gasteiger partial charge on any atom is -0.466 e. The summed E-state index contributed by atoms with van der Waals surface area (Å²) in [5.41, 5.74) is 2.36. The van der Waals surface area contributed by atoms with Crippen LogP contribution in [0.4, 0.5) is 0 Å². The van der Waals surface area contributed by atoms with E-state index in [1.54, 1.807) is 0 Å². The van der Waals surface area contributed by atoms with Crippen molar-refractivity contribution in [1.29, 1.82) is 0 Å². The number of hydrogen-bond donors (Lipinski definition) is 1. The zero-order chi connectivity index (χ0) is 31.6. The van der Waals surface area contributed by atoms with E-state index in [4.69, 9.17) is 19.7 Å². The van der Waals surface area contributed by atoms with E-state index in [2.05, 4.69) is 114 Å². The summed E-state index contributed by atoms with van der Waals surface area (Å²) in [4.78, 5) is 2.45. The zero-order valence-electron chi connectivity index (χ0n) is 27.0. The molecule has 4 atom stereocenters. The highest BCUT2D eigenvalue weighted by Gasteiger charge is 2.34. The molecule has 6 heteroatoms. The van der Waals surface area contributed by atoms with Gasteiger partial charge in [0.1, 0.15) is 12.2 Å². The number of fused-ring (bicyclic) bond motifs is 3. The molecule has 0 radical (unpaired) electrons. The third-order valence-corrected chi connectivity index (χ3v) is 10.2. The molecule has 8 rings (SSSR count). The minimum absolute atomic E-state index is 0.170. The lowest BCUT2D eigenvalue weighted by Gasteiger charge is -2.38. The number of rotatable bonds is 8. The van der Waals surface area contributed by atoms with E-state index in [1.165, 1.54) is 58.4 Å². The maximum absolute atomic E-state index is 7.07. The van der Waals surface area contributed by atoms with E-state index in [0.29, 0.717) is 11.8 Å². The molecule has 0 amide bonds. The van der Waals surface area contributed by atoms with Crippen molar-refractivity contribution in [3.63, 3.8) is 0 Å². The Morgan fingerprint density at radius 3 is 1.72 bits per heavy atom. The highest BCUT2D eigenvalue weighted by Crippen LogP contribution is 2.40. The van der Waals surface area contributed by atoms with Gasteiger partial charge in [-0.15, -0.1) is 10.2 Å². The van der Waals surface area contributed by atoms with Crippen molar-refractivity contribution in [2.45, 2.75) is 62.8 Å². The number of piperidine rings is 2. The van der Waals surface area contributed by atoms with Crippen molar-refractivity contribution in [1.82, 2.24) is 20.4 Å². The summed E-state index contributed by atoms with van der Waals surface area (Å²) in [7, 11) is 2.22. The number of nitrogens with zero attached hydrogens (tertiary/aromatic N) is 3. The van der Waals surface area contributed by atoms with Crippen LogP contribution in [0, 0.1) is 0 Å². The smallest absolute Gasteiger partial charge is 0.242 e. The van der Waals surface area contributed by atoms with Crippen LogP contribution in [0.5, 0.6) is 11.8 Å². The molecular weight excluding hydrogens is 580 g/mol. The Kier molecular flexibility index (Phi) is 8.45. The first-order valence-corrected chi connectivity index (χ1v) is 17.2. The molecule has 2 fully saturated rings. The molecule has 1 N–H and O–H groups in total. The Balaban J connectivity index is 1.20. The largest absolute Gasteiger partial charge is 0.466 e. The second-order valence-corrected chi connectivity index (χ2v) is 13.2. The molecule has 2 aliphatic heterocycles. The molecule has 0 bridgehead atoms. The van der Waals surface area contributed by atoms with Gasteiger partial charge >= 0.3 is 0 Å². The fraction of sp³-hybridized carbons (Fsp3) is 0.317. The Hall–Kier alpha value is -4.52. The quantitative estimate of drug-likeness (QED) is 0.183. The van der Waals surface area contributed by atoms with Gasteiger partial charge in [0.15, 0.2) is 0 Å². The highest BCUT2D eigenvalue weighted by molar-refractivity contribution is 5.91. The van der Waals surface area contributed by atoms with E-state index in [-0.39, 0.29) is 24.3 Å². The summed E-state index contributed by atoms with van der Waals surface area (Å²) in [5.74, 6) is 1.08. The van der Waals surface area contributed by atoms with Gasteiger partial charge in [-0.25, -0.2) is 0 Å². The summed E-state index contributed by atoms with van der Waals surface area (Å²) in [6, 6.07) is 38.8. The topological polar surface area (TPSA) is 59.5 Å². The summed E-state index contributed by atoms with van der Waals surface area (Å²) in [5, 5.41) is 20.0. The van der Waals surface area contributed by atoms with Gasteiger partial charge in [-0.1, -0.05) is 110 Å². The normalized spacial score (nSPS) is 20.3. The molecule has 2 saturated heterocycles. The first-order valence-electron chi connectivity index (χ1n) is 17.2. The molecule has 6 aromatic rings. The third kappa shape index (κ3) is 5.92. The van der Waals surface area contributed by atoms with Gasteiger partial charge in [0.05, 0.1) is 16.8 Å². The molecule has 0 saturated carbocycles. The number of likely N-dealkylation sites (tertiary alicyclic amines) is 1. The second kappa shape index (κ2) is 13.3. The van der Waals surface area contributed by atoms with Crippen LogP contribution in [0.25, 0.3) is 32.3 Å². The summed E-state index contributed by atoms with van der Waals surface area (Å²) in [6.07, 6.45) is 6.44. The van der Waals surface area contributed by atoms with Gasteiger partial charge in [0.2, 0.25) is 11.8 Å². The lowest BCUT2D eigenvalue weighted by atomic mass is 9.90. The minimum atomic E-state index is -0.217. The molecule has 1 aromatic heterocycles. The van der Waals surface area contributed by atoms with Gasteiger partial charge in [0.25, 0.3) is 0 Å². The predicted molar refractivity (Wildman–Crippen MR) is 190 cm³/mol. The van der Waals surface area contributed by atoms with Crippen LogP contribution in [0.1, 0.15) is 61.9 Å². The molecular formula is C41H42N4O2. The van der Waals surface area contributed by atoms with E-state index >= 15 is 0 Å². The van der Waals surface area contributed by atoms with Crippen molar-refractivity contribution in [3.05, 3.63) is 120 Å². The molecule has 3 heterocycles. The van der Waals surface area contributed by atoms with E-state index in [1.807, 2.05) is 12.1 Å². The summed E-state index contributed by atoms with van der Waals surface area (Å²) >= 11 is 0. The molecule has 2 aliphatic rings. The van der Waals surface area contributed by atoms with Crippen LogP contribution >= 0.6 is 0 Å². The fourth-order valence-electron chi connectivity index (χ4n) is 7.80. The van der Waals surface area contributed by atoms with Crippen molar-refractivity contribution < 1.29 is 9.47 Å². The average molecular weight is 623 g/mol. The number of aromatic nitrogens is 2. The first kappa shape index (κ1) is 29.9.